The summed E-state index contributed by atoms with van der Waals surface area (Å²) in [6, 6.07) is 14.0. The summed E-state index contributed by atoms with van der Waals surface area (Å²) in [7, 11) is 0. The van der Waals surface area contributed by atoms with E-state index in [2.05, 4.69) is 16.9 Å². The molecule has 0 bridgehead atoms. The zero-order valence-electron chi connectivity index (χ0n) is 16.1. The minimum absolute atomic E-state index is 0.102. The predicted molar refractivity (Wildman–Crippen MR) is 115 cm³/mol. The first-order chi connectivity index (χ1) is 13.9. The van der Waals surface area contributed by atoms with Gasteiger partial charge in [-0.25, -0.2) is 9.37 Å². The maximum Gasteiger partial charge on any atom is 0.246 e. The number of hydrogen-bond donors (Lipinski definition) is 1. The summed E-state index contributed by atoms with van der Waals surface area (Å²) in [5, 5.41) is 4.98. The Kier molecular flexibility index (Phi) is 5.01. The molecule has 0 saturated carbocycles. The zero-order valence-corrected chi connectivity index (χ0v) is 16.8. The van der Waals surface area contributed by atoms with E-state index in [9.17, 15) is 9.18 Å². The SMILES string of the molecule is C=CC(=O)N1CC[C@](Nc2ccc3cc(F)ccc3n2)(c2cccc(Cl)c2C)C1. The minimum Gasteiger partial charge on any atom is -0.359 e. The molecule has 1 aromatic heterocycles. The maximum atomic E-state index is 13.5. The highest BCUT2D eigenvalue weighted by Gasteiger charge is 2.42. The van der Waals surface area contributed by atoms with Gasteiger partial charge in [0.05, 0.1) is 11.1 Å². The van der Waals surface area contributed by atoms with Crippen LogP contribution in [0.2, 0.25) is 5.02 Å². The van der Waals surface area contributed by atoms with Gasteiger partial charge in [-0.1, -0.05) is 30.3 Å². The number of fused-ring (bicyclic) bond motifs is 1. The van der Waals surface area contributed by atoms with Gasteiger partial charge in [0.2, 0.25) is 5.91 Å². The highest BCUT2D eigenvalue weighted by Crippen LogP contribution is 2.39. The van der Waals surface area contributed by atoms with Crippen molar-refractivity contribution in [1.29, 1.82) is 0 Å². The third-order valence-electron chi connectivity index (χ3n) is 5.56. The van der Waals surface area contributed by atoms with Gasteiger partial charge in [-0.05, 0) is 66.9 Å². The first kappa shape index (κ1) is 19.4. The summed E-state index contributed by atoms with van der Waals surface area (Å²) in [5.41, 5.74) is 2.17. The molecule has 3 aromatic rings. The molecule has 1 aliphatic rings. The summed E-state index contributed by atoms with van der Waals surface area (Å²) in [5.74, 6) is 0.270. The van der Waals surface area contributed by atoms with Crippen LogP contribution in [-0.4, -0.2) is 28.9 Å². The van der Waals surface area contributed by atoms with Crippen LogP contribution in [0.15, 0.2) is 61.2 Å². The van der Waals surface area contributed by atoms with Crippen LogP contribution in [0.1, 0.15) is 17.5 Å². The van der Waals surface area contributed by atoms with Crippen molar-refractivity contribution in [1.82, 2.24) is 9.88 Å². The number of hydrogen-bond acceptors (Lipinski definition) is 3. The lowest BCUT2D eigenvalue weighted by atomic mass is 9.85. The van der Waals surface area contributed by atoms with Crippen LogP contribution >= 0.6 is 11.6 Å². The van der Waals surface area contributed by atoms with Crippen molar-refractivity contribution in [3.63, 3.8) is 0 Å². The number of pyridine rings is 1. The molecule has 4 nitrogen and oxygen atoms in total. The summed E-state index contributed by atoms with van der Waals surface area (Å²) >= 11 is 6.40. The Bertz CT molecular complexity index is 1120. The van der Waals surface area contributed by atoms with E-state index in [0.717, 1.165) is 16.5 Å². The van der Waals surface area contributed by atoms with E-state index in [0.29, 0.717) is 35.9 Å². The molecule has 6 heteroatoms. The second-order valence-corrected chi connectivity index (χ2v) is 7.77. The van der Waals surface area contributed by atoms with Crippen LogP contribution in [-0.2, 0) is 10.3 Å². The lowest BCUT2D eigenvalue weighted by molar-refractivity contribution is -0.125. The number of likely N-dealkylation sites (tertiary alicyclic amines) is 1. The molecule has 0 aliphatic carbocycles. The molecule has 1 atom stereocenters. The molecule has 1 amide bonds. The molecule has 29 heavy (non-hydrogen) atoms. The third-order valence-corrected chi connectivity index (χ3v) is 5.97. The Hall–Kier alpha value is -2.92. The van der Waals surface area contributed by atoms with Crippen LogP contribution in [0.25, 0.3) is 10.9 Å². The first-order valence-corrected chi connectivity index (χ1v) is 9.81. The standard InChI is InChI=1S/C23H21ClFN3O/c1-3-22(29)28-12-11-23(14-28,18-5-4-6-19(24)15(18)2)27-21-10-7-16-13-17(25)8-9-20(16)26-21/h3-10,13H,1,11-12,14H2,2H3,(H,26,27)/t23-/m1/s1. The number of nitrogens with zero attached hydrogens (tertiary/aromatic N) is 2. The van der Waals surface area contributed by atoms with Crippen LogP contribution in [0.3, 0.4) is 0 Å². The molecule has 0 unspecified atom stereocenters. The molecule has 148 valence electrons. The van der Waals surface area contributed by atoms with E-state index < -0.39 is 5.54 Å². The number of anilines is 1. The van der Waals surface area contributed by atoms with E-state index in [1.165, 1.54) is 18.2 Å². The van der Waals surface area contributed by atoms with Crippen molar-refractivity contribution in [2.24, 2.45) is 0 Å². The average Bonchev–Trinajstić information content (AvgIpc) is 3.14. The number of carbonyl (C=O) groups excluding carboxylic acids is 1. The maximum absolute atomic E-state index is 13.5. The fourth-order valence-corrected chi connectivity index (χ4v) is 4.23. The number of benzene rings is 2. The second-order valence-electron chi connectivity index (χ2n) is 7.37. The Balaban J connectivity index is 1.77. The Morgan fingerprint density at radius 3 is 2.93 bits per heavy atom. The normalized spacial score (nSPS) is 18.8. The molecular formula is C23H21ClFN3O. The fourth-order valence-electron chi connectivity index (χ4n) is 4.05. The van der Waals surface area contributed by atoms with Gasteiger partial charge in [0.25, 0.3) is 0 Å². The lowest BCUT2D eigenvalue weighted by Gasteiger charge is -2.33. The summed E-state index contributed by atoms with van der Waals surface area (Å²) in [4.78, 5) is 18.7. The quantitative estimate of drug-likeness (QED) is 0.612. The van der Waals surface area contributed by atoms with Crippen molar-refractivity contribution >= 4 is 34.2 Å². The van der Waals surface area contributed by atoms with Gasteiger partial charge in [0, 0.05) is 23.5 Å². The van der Waals surface area contributed by atoms with Gasteiger partial charge in [-0.3, -0.25) is 4.79 Å². The largest absolute Gasteiger partial charge is 0.359 e. The number of rotatable bonds is 4. The number of carbonyl (C=O) groups is 1. The molecule has 1 fully saturated rings. The third kappa shape index (κ3) is 3.58. The van der Waals surface area contributed by atoms with Crippen LogP contribution < -0.4 is 5.32 Å². The molecule has 4 rings (SSSR count). The molecule has 2 aromatic carbocycles. The smallest absolute Gasteiger partial charge is 0.246 e. The van der Waals surface area contributed by atoms with Crippen LogP contribution in [0.4, 0.5) is 10.2 Å². The fraction of sp³-hybridized carbons (Fsp3) is 0.217. The average molecular weight is 410 g/mol. The summed E-state index contributed by atoms with van der Waals surface area (Å²) in [6.07, 6.45) is 2.04. The molecule has 1 N–H and O–H groups in total. The van der Waals surface area contributed by atoms with E-state index in [4.69, 9.17) is 11.6 Å². The zero-order chi connectivity index (χ0) is 20.6. The van der Waals surface area contributed by atoms with E-state index >= 15 is 0 Å². The number of nitrogens with one attached hydrogen (secondary N) is 1. The van der Waals surface area contributed by atoms with E-state index in [-0.39, 0.29) is 11.7 Å². The highest BCUT2D eigenvalue weighted by molar-refractivity contribution is 6.31. The first-order valence-electron chi connectivity index (χ1n) is 9.43. The van der Waals surface area contributed by atoms with Crippen molar-refractivity contribution < 1.29 is 9.18 Å². The number of halogens is 2. The van der Waals surface area contributed by atoms with Crippen molar-refractivity contribution in [3.8, 4) is 0 Å². The van der Waals surface area contributed by atoms with Gasteiger partial charge >= 0.3 is 0 Å². The second kappa shape index (κ2) is 7.48. The molecule has 1 saturated heterocycles. The van der Waals surface area contributed by atoms with E-state index in [1.54, 1.807) is 11.0 Å². The Labute approximate surface area is 174 Å². The number of amides is 1. The lowest BCUT2D eigenvalue weighted by Crippen LogP contribution is -2.40. The van der Waals surface area contributed by atoms with Gasteiger partial charge in [0.1, 0.15) is 11.6 Å². The van der Waals surface area contributed by atoms with Gasteiger partial charge < -0.3 is 10.2 Å². The van der Waals surface area contributed by atoms with Crippen LogP contribution in [0, 0.1) is 12.7 Å². The predicted octanol–water partition coefficient (Wildman–Crippen LogP) is 5.06. The van der Waals surface area contributed by atoms with Gasteiger partial charge in [-0.15, -0.1) is 0 Å². The minimum atomic E-state index is -0.533. The van der Waals surface area contributed by atoms with Crippen molar-refractivity contribution in [2.45, 2.75) is 18.9 Å². The van der Waals surface area contributed by atoms with Gasteiger partial charge in [0.15, 0.2) is 0 Å². The van der Waals surface area contributed by atoms with Crippen LogP contribution in [0.5, 0.6) is 0 Å². The highest BCUT2D eigenvalue weighted by atomic mass is 35.5. The molecule has 0 spiro atoms. The molecular weight excluding hydrogens is 389 g/mol. The molecule has 2 heterocycles. The Morgan fingerprint density at radius 1 is 1.31 bits per heavy atom. The number of aromatic nitrogens is 1. The van der Waals surface area contributed by atoms with E-state index in [1.807, 2.05) is 37.3 Å². The molecule has 1 aliphatic heterocycles. The monoisotopic (exact) mass is 409 g/mol. The topological polar surface area (TPSA) is 45.2 Å². The van der Waals surface area contributed by atoms with Crippen molar-refractivity contribution in [3.05, 3.63) is 83.2 Å². The van der Waals surface area contributed by atoms with Crippen molar-refractivity contribution in [2.75, 3.05) is 18.4 Å². The summed E-state index contributed by atoms with van der Waals surface area (Å²) in [6.45, 7) is 6.66. The summed E-state index contributed by atoms with van der Waals surface area (Å²) < 4.78 is 13.5. The Morgan fingerprint density at radius 2 is 2.14 bits per heavy atom. The molecule has 0 radical (unpaired) electrons. The van der Waals surface area contributed by atoms with Gasteiger partial charge in [-0.2, -0.15) is 0 Å².